The highest BCUT2D eigenvalue weighted by atomic mass is 16.6. The van der Waals surface area contributed by atoms with E-state index in [2.05, 4.69) is 5.32 Å². The van der Waals surface area contributed by atoms with Crippen LogP contribution in [0.25, 0.3) is 0 Å². The third kappa shape index (κ3) is 5.99. The van der Waals surface area contributed by atoms with Gasteiger partial charge in [0.1, 0.15) is 5.60 Å². The van der Waals surface area contributed by atoms with Gasteiger partial charge in [-0.05, 0) is 33.1 Å². The maximum absolute atomic E-state index is 12.2. The first-order valence-electron chi connectivity index (χ1n) is 8.39. The van der Waals surface area contributed by atoms with Crippen LogP contribution in [0.4, 0.5) is 4.79 Å². The van der Waals surface area contributed by atoms with Crippen LogP contribution in [0.1, 0.15) is 27.2 Å². The van der Waals surface area contributed by atoms with E-state index in [-0.39, 0.29) is 12.0 Å². The molecule has 0 aromatic rings. The molecule has 132 valence electrons. The predicted molar refractivity (Wildman–Crippen MR) is 86.2 cm³/mol. The lowest BCUT2D eigenvalue weighted by atomic mass is 10.1. The van der Waals surface area contributed by atoms with Gasteiger partial charge in [-0.2, -0.15) is 0 Å². The third-order valence-corrected chi connectivity index (χ3v) is 4.02. The number of hydrogen-bond acceptors (Lipinski definition) is 5. The van der Waals surface area contributed by atoms with Gasteiger partial charge in [0.2, 0.25) is 5.91 Å². The molecule has 2 heterocycles. The van der Waals surface area contributed by atoms with Crippen LogP contribution >= 0.6 is 0 Å². The molecular weight excluding hydrogens is 298 g/mol. The molecule has 2 amide bonds. The summed E-state index contributed by atoms with van der Waals surface area (Å²) in [6, 6.07) is 0. The molecule has 7 nitrogen and oxygen atoms in total. The fraction of sp³-hybridized carbons (Fsp3) is 0.875. The van der Waals surface area contributed by atoms with Crippen LogP contribution in [-0.4, -0.2) is 79.9 Å². The fourth-order valence-electron chi connectivity index (χ4n) is 2.70. The Bertz CT molecular complexity index is 408. The van der Waals surface area contributed by atoms with Gasteiger partial charge in [0.05, 0.1) is 13.2 Å². The Hall–Kier alpha value is -1.34. The number of hydrogen-bond donors (Lipinski definition) is 1. The highest BCUT2D eigenvalue weighted by molar-refractivity contribution is 5.78. The molecule has 0 aliphatic carbocycles. The van der Waals surface area contributed by atoms with E-state index < -0.39 is 5.60 Å². The lowest BCUT2D eigenvalue weighted by Crippen LogP contribution is -2.53. The van der Waals surface area contributed by atoms with Crippen molar-refractivity contribution < 1.29 is 19.1 Å². The minimum atomic E-state index is -0.488. The van der Waals surface area contributed by atoms with Crippen LogP contribution in [0.5, 0.6) is 0 Å². The Morgan fingerprint density at radius 1 is 1.17 bits per heavy atom. The number of ether oxygens (including phenoxy) is 2. The lowest BCUT2D eigenvalue weighted by molar-refractivity contribution is -0.132. The van der Waals surface area contributed by atoms with Gasteiger partial charge in [-0.25, -0.2) is 4.79 Å². The van der Waals surface area contributed by atoms with Gasteiger partial charge in [0.15, 0.2) is 0 Å². The van der Waals surface area contributed by atoms with Gasteiger partial charge < -0.3 is 24.6 Å². The molecule has 2 fully saturated rings. The molecule has 2 aliphatic rings. The van der Waals surface area contributed by atoms with Crippen molar-refractivity contribution in [3.05, 3.63) is 0 Å². The molecule has 2 rings (SSSR count). The van der Waals surface area contributed by atoms with Crippen molar-refractivity contribution in [2.45, 2.75) is 32.8 Å². The smallest absolute Gasteiger partial charge is 0.410 e. The molecule has 1 N–H and O–H groups in total. The van der Waals surface area contributed by atoms with Crippen LogP contribution in [-0.2, 0) is 14.3 Å². The number of rotatable bonds is 4. The van der Waals surface area contributed by atoms with E-state index in [0.29, 0.717) is 38.6 Å². The SMILES string of the molecule is CC(C)(C)OC(=O)N1CCN(C(=O)CNCC2CCOC2)CC1. The summed E-state index contributed by atoms with van der Waals surface area (Å²) < 4.78 is 10.7. The molecule has 0 radical (unpaired) electrons. The number of amides is 2. The average molecular weight is 327 g/mol. The zero-order chi connectivity index (χ0) is 16.9. The van der Waals surface area contributed by atoms with Crippen LogP contribution in [0, 0.1) is 5.92 Å². The Morgan fingerprint density at radius 2 is 1.83 bits per heavy atom. The van der Waals surface area contributed by atoms with Crippen molar-refractivity contribution in [3.63, 3.8) is 0 Å². The molecule has 1 atom stereocenters. The van der Waals surface area contributed by atoms with Crippen molar-refractivity contribution in [2.24, 2.45) is 5.92 Å². The standard InChI is InChI=1S/C16H29N3O4/c1-16(2,3)23-15(21)19-7-5-18(6-8-19)14(20)11-17-10-13-4-9-22-12-13/h13,17H,4-12H2,1-3H3. The number of carbonyl (C=O) groups excluding carboxylic acids is 2. The molecule has 2 aliphatic heterocycles. The number of nitrogens with zero attached hydrogens (tertiary/aromatic N) is 2. The first-order valence-corrected chi connectivity index (χ1v) is 8.39. The second-order valence-electron chi connectivity index (χ2n) is 7.21. The number of carbonyl (C=O) groups is 2. The molecule has 0 aromatic heterocycles. The summed E-state index contributed by atoms with van der Waals surface area (Å²) in [7, 11) is 0. The molecule has 1 unspecified atom stereocenters. The van der Waals surface area contributed by atoms with E-state index in [1.807, 2.05) is 20.8 Å². The van der Waals surface area contributed by atoms with Gasteiger partial charge in [-0.1, -0.05) is 0 Å². The van der Waals surface area contributed by atoms with Crippen LogP contribution in [0.15, 0.2) is 0 Å². The summed E-state index contributed by atoms with van der Waals surface area (Å²) >= 11 is 0. The number of nitrogens with one attached hydrogen (secondary N) is 1. The first-order chi connectivity index (χ1) is 10.8. The second kappa shape index (κ2) is 7.97. The summed E-state index contributed by atoms with van der Waals surface area (Å²) in [6.07, 6.45) is 0.763. The maximum atomic E-state index is 12.2. The van der Waals surface area contributed by atoms with E-state index in [1.165, 1.54) is 0 Å². The molecule has 23 heavy (non-hydrogen) atoms. The normalized spacial score (nSPS) is 22.3. The van der Waals surface area contributed by atoms with Crippen molar-refractivity contribution in [1.82, 2.24) is 15.1 Å². The topological polar surface area (TPSA) is 71.1 Å². The van der Waals surface area contributed by atoms with Crippen molar-refractivity contribution in [1.29, 1.82) is 0 Å². The third-order valence-electron chi connectivity index (χ3n) is 4.02. The number of piperazine rings is 1. The van der Waals surface area contributed by atoms with E-state index in [1.54, 1.807) is 9.80 Å². The van der Waals surface area contributed by atoms with Gasteiger partial charge in [-0.15, -0.1) is 0 Å². The quantitative estimate of drug-likeness (QED) is 0.823. The molecule has 0 saturated carbocycles. The van der Waals surface area contributed by atoms with Gasteiger partial charge in [0.25, 0.3) is 0 Å². The van der Waals surface area contributed by atoms with E-state index >= 15 is 0 Å². The van der Waals surface area contributed by atoms with Crippen LogP contribution in [0.2, 0.25) is 0 Å². The Balaban J connectivity index is 1.65. The second-order valence-corrected chi connectivity index (χ2v) is 7.21. The van der Waals surface area contributed by atoms with E-state index in [9.17, 15) is 9.59 Å². The highest BCUT2D eigenvalue weighted by Gasteiger charge is 2.27. The minimum absolute atomic E-state index is 0.0905. The van der Waals surface area contributed by atoms with E-state index in [4.69, 9.17) is 9.47 Å². The predicted octanol–water partition coefficient (Wildman–Crippen LogP) is 0.692. The molecule has 0 spiro atoms. The van der Waals surface area contributed by atoms with Crippen LogP contribution in [0.3, 0.4) is 0 Å². The highest BCUT2D eigenvalue weighted by Crippen LogP contribution is 2.12. The minimum Gasteiger partial charge on any atom is -0.444 e. The monoisotopic (exact) mass is 327 g/mol. The average Bonchev–Trinajstić information content (AvgIpc) is 2.99. The summed E-state index contributed by atoms with van der Waals surface area (Å²) in [6.45, 7) is 10.5. The maximum Gasteiger partial charge on any atom is 0.410 e. The Kier molecular flexibility index (Phi) is 6.24. The largest absolute Gasteiger partial charge is 0.444 e. The molecular formula is C16H29N3O4. The van der Waals surface area contributed by atoms with Crippen molar-refractivity contribution in [3.8, 4) is 0 Å². The van der Waals surface area contributed by atoms with Crippen molar-refractivity contribution >= 4 is 12.0 Å². The lowest BCUT2D eigenvalue weighted by Gasteiger charge is -2.35. The molecule has 2 saturated heterocycles. The Labute approximate surface area is 138 Å². The van der Waals surface area contributed by atoms with Gasteiger partial charge in [0, 0.05) is 39.3 Å². The zero-order valence-corrected chi connectivity index (χ0v) is 14.5. The fourth-order valence-corrected chi connectivity index (χ4v) is 2.70. The summed E-state index contributed by atoms with van der Waals surface area (Å²) in [5, 5.41) is 3.21. The summed E-state index contributed by atoms with van der Waals surface area (Å²) in [5.74, 6) is 0.611. The van der Waals surface area contributed by atoms with Gasteiger partial charge >= 0.3 is 6.09 Å². The summed E-state index contributed by atoms with van der Waals surface area (Å²) in [4.78, 5) is 27.6. The Morgan fingerprint density at radius 3 is 2.39 bits per heavy atom. The van der Waals surface area contributed by atoms with E-state index in [0.717, 1.165) is 26.2 Å². The molecule has 7 heteroatoms. The molecule has 0 aromatic carbocycles. The van der Waals surface area contributed by atoms with Crippen molar-refractivity contribution in [2.75, 3.05) is 52.5 Å². The first kappa shape index (κ1) is 18.0. The van der Waals surface area contributed by atoms with Gasteiger partial charge in [-0.3, -0.25) is 4.79 Å². The summed E-state index contributed by atoms with van der Waals surface area (Å²) in [5.41, 5.74) is -0.488. The molecule has 0 bridgehead atoms. The zero-order valence-electron chi connectivity index (χ0n) is 14.5. The van der Waals surface area contributed by atoms with Crippen LogP contribution < -0.4 is 5.32 Å².